The van der Waals surface area contributed by atoms with Crippen LogP contribution in [-0.4, -0.2) is 49.3 Å². The van der Waals surface area contributed by atoms with E-state index in [1.165, 1.54) is 14.2 Å². The highest BCUT2D eigenvalue weighted by atomic mass is 31.2. The van der Waals surface area contributed by atoms with E-state index in [4.69, 9.17) is 9.05 Å². The molecule has 0 bridgehead atoms. The molecule has 2 saturated heterocycles. The molecule has 0 spiro atoms. The number of amides is 2. The minimum Gasteiger partial charge on any atom is -0.336 e. The minimum atomic E-state index is -1.39. The van der Waals surface area contributed by atoms with Crippen LogP contribution in [-0.2, 0) is 18.6 Å². The fraction of sp³-hybridized carbons (Fsp3) is 0.778. The van der Waals surface area contributed by atoms with Crippen LogP contribution in [0.4, 0.5) is 0 Å². The quantitative estimate of drug-likeness (QED) is 0.714. The van der Waals surface area contributed by atoms with E-state index >= 15 is 0 Å². The fourth-order valence-electron chi connectivity index (χ4n) is 2.18. The van der Waals surface area contributed by atoms with E-state index in [9.17, 15) is 9.59 Å². The number of carbonyl (C=O) groups is 2. The van der Waals surface area contributed by atoms with Crippen LogP contribution in [0.15, 0.2) is 0 Å². The van der Waals surface area contributed by atoms with Gasteiger partial charge in [-0.05, 0) is 12.8 Å². The minimum absolute atomic E-state index is 0.0862. The lowest BCUT2D eigenvalue weighted by Crippen LogP contribution is -2.60. The molecule has 0 radical (unpaired) electrons. The summed E-state index contributed by atoms with van der Waals surface area (Å²) in [6.07, 6.45) is 1.64. The second kappa shape index (κ2) is 4.65. The monoisotopic (exact) mass is 246 g/mol. The molecule has 0 aliphatic carbocycles. The second-order valence-corrected chi connectivity index (χ2v) is 5.57. The molecule has 2 amide bonds. The fourth-order valence-corrected chi connectivity index (χ4v) is 3.31. The summed E-state index contributed by atoms with van der Waals surface area (Å²) in [5, 5.41) is 2.69. The van der Waals surface area contributed by atoms with Crippen LogP contribution in [0.5, 0.6) is 0 Å². The Bertz CT molecular complexity index is 308. The number of nitrogens with zero attached hydrogens (tertiary/aromatic N) is 1. The molecule has 2 atom stereocenters. The van der Waals surface area contributed by atoms with Gasteiger partial charge < -0.3 is 19.3 Å². The normalized spacial score (nSPS) is 29.6. The van der Waals surface area contributed by atoms with Crippen LogP contribution >= 0.6 is 8.38 Å². The van der Waals surface area contributed by atoms with Crippen molar-refractivity contribution in [2.45, 2.75) is 24.7 Å². The molecular formula is C9H15N2O4P. The molecule has 2 aliphatic rings. The first-order valence-electron chi connectivity index (χ1n) is 5.17. The van der Waals surface area contributed by atoms with Gasteiger partial charge in [0.05, 0.1) is 0 Å². The Balaban J connectivity index is 2.16. The number of fused-ring (bicyclic) bond motifs is 1. The molecule has 0 saturated carbocycles. The molecule has 0 unspecified atom stereocenters. The summed E-state index contributed by atoms with van der Waals surface area (Å²) in [5.74, 6) is -0.840. The highest BCUT2D eigenvalue weighted by Crippen LogP contribution is 2.43. The van der Waals surface area contributed by atoms with Crippen molar-refractivity contribution < 1.29 is 18.6 Å². The highest BCUT2D eigenvalue weighted by Gasteiger charge is 2.46. The molecule has 0 aromatic carbocycles. The molecule has 16 heavy (non-hydrogen) atoms. The van der Waals surface area contributed by atoms with Crippen LogP contribution in [0.2, 0.25) is 0 Å². The molecule has 90 valence electrons. The van der Waals surface area contributed by atoms with E-state index in [0.29, 0.717) is 6.54 Å². The Morgan fingerprint density at radius 2 is 2.06 bits per heavy atom. The summed E-state index contributed by atoms with van der Waals surface area (Å²) in [6.45, 7) is 0.657. The SMILES string of the molecule is COP(OC)[C@H]1NC(=O)[C@@H]2CCCN2C1=O. The Morgan fingerprint density at radius 3 is 2.69 bits per heavy atom. The number of rotatable bonds is 3. The van der Waals surface area contributed by atoms with Gasteiger partial charge in [-0.15, -0.1) is 0 Å². The zero-order valence-corrected chi connectivity index (χ0v) is 10.2. The predicted octanol–water partition coefficient (Wildman–Crippen LogP) is 0.0380. The van der Waals surface area contributed by atoms with Gasteiger partial charge in [-0.25, -0.2) is 0 Å². The summed E-state index contributed by atoms with van der Waals surface area (Å²) < 4.78 is 10.2. The molecule has 2 rings (SSSR count). The van der Waals surface area contributed by atoms with Gasteiger partial charge in [0.2, 0.25) is 14.3 Å². The third-order valence-corrected chi connectivity index (χ3v) is 4.41. The largest absolute Gasteiger partial charge is 0.336 e. The van der Waals surface area contributed by atoms with E-state index < -0.39 is 14.2 Å². The van der Waals surface area contributed by atoms with E-state index in [2.05, 4.69) is 5.32 Å². The van der Waals surface area contributed by atoms with E-state index in [1.807, 2.05) is 0 Å². The molecule has 2 aliphatic heterocycles. The maximum atomic E-state index is 12.1. The summed E-state index contributed by atoms with van der Waals surface area (Å²) in [7, 11) is 1.57. The number of carbonyl (C=O) groups excluding carboxylic acids is 2. The third kappa shape index (κ3) is 1.81. The Hall–Kier alpha value is -0.710. The molecule has 0 aromatic rings. The Morgan fingerprint density at radius 1 is 1.38 bits per heavy atom. The van der Waals surface area contributed by atoms with E-state index in [-0.39, 0.29) is 17.9 Å². The zero-order chi connectivity index (χ0) is 11.7. The van der Waals surface area contributed by atoms with Gasteiger partial charge in [0.25, 0.3) is 5.91 Å². The van der Waals surface area contributed by atoms with Crippen LogP contribution in [0.25, 0.3) is 0 Å². The summed E-state index contributed by atoms with van der Waals surface area (Å²) in [6, 6.07) is -0.283. The van der Waals surface area contributed by atoms with E-state index in [0.717, 1.165) is 12.8 Å². The van der Waals surface area contributed by atoms with Crippen molar-refractivity contribution in [2.24, 2.45) is 0 Å². The lowest BCUT2D eigenvalue weighted by atomic mass is 10.2. The number of nitrogens with one attached hydrogen (secondary N) is 1. The Labute approximate surface area is 95.2 Å². The summed E-state index contributed by atoms with van der Waals surface area (Å²) >= 11 is 0. The van der Waals surface area contributed by atoms with Crippen molar-refractivity contribution in [1.82, 2.24) is 10.2 Å². The van der Waals surface area contributed by atoms with Gasteiger partial charge in [-0.2, -0.15) is 0 Å². The smallest absolute Gasteiger partial charge is 0.255 e. The van der Waals surface area contributed by atoms with Crippen molar-refractivity contribution in [3.8, 4) is 0 Å². The average Bonchev–Trinajstić information content (AvgIpc) is 2.76. The van der Waals surface area contributed by atoms with Crippen molar-refractivity contribution in [2.75, 3.05) is 20.8 Å². The van der Waals surface area contributed by atoms with Crippen LogP contribution < -0.4 is 5.32 Å². The van der Waals surface area contributed by atoms with Crippen LogP contribution in [0.3, 0.4) is 0 Å². The van der Waals surface area contributed by atoms with Gasteiger partial charge in [-0.1, -0.05) is 0 Å². The van der Waals surface area contributed by atoms with Crippen molar-refractivity contribution in [3.63, 3.8) is 0 Å². The zero-order valence-electron chi connectivity index (χ0n) is 9.30. The van der Waals surface area contributed by atoms with Gasteiger partial charge in [0.1, 0.15) is 6.04 Å². The number of piperazine rings is 1. The standard InChI is InChI=1S/C9H15N2O4P/c1-14-16(15-2)8-9(13)11-5-3-4-6(11)7(12)10-8/h6,8H,3-5H2,1-2H3,(H,10,12)/t6-,8+/m0/s1. The molecule has 0 aromatic heterocycles. The lowest BCUT2D eigenvalue weighted by Gasteiger charge is -2.36. The van der Waals surface area contributed by atoms with E-state index in [1.54, 1.807) is 4.90 Å². The molecule has 1 N–H and O–H groups in total. The number of hydrogen-bond donors (Lipinski definition) is 1. The first kappa shape index (κ1) is 11.8. The predicted molar refractivity (Wildman–Crippen MR) is 57.6 cm³/mol. The van der Waals surface area contributed by atoms with Gasteiger partial charge in [0.15, 0.2) is 5.78 Å². The maximum absolute atomic E-state index is 12.1. The van der Waals surface area contributed by atoms with Crippen molar-refractivity contribution in [3.05, 3.63) is 0 Å². The third-order valence-electron chi connectivity index (χ3n) is 2.92. The van der Waals surface area contributed by atoms with Crippen LogP contribution in [0, 0.1) is 0 Å². The summed E-state index contributed by atoms with van der Waals surface area (Å²) in [4.78, 5) is 25.5. The first-order valence-corrected chi connectivity index (χ1v) is 6.42. The second-order valence-electron chi connectivity index (χ2n) is 3.75. The molecule has 2 heterocycles. The topological polar surface area (TPSA) is 67.9 Å². The van der Waals surface area contributed by atoms with Gasteiger partial charge >= 0.3 is 0 Å². The lowest BCUT2D eigenvalue weighted by molar-refractivity contribution is -0.144. The molecule has 2 fully saturated rings. The Kier molecular flexibility index (Phi) is 3.42. The molecule has 7 heteroatoms. The van der Waals surface area contributed by atoms with Gasteiger partial charge in [0, 0.05) is 20.8 Å². The molecular weight excluding hydrogens is 231 g/mol. The first-order chi connectivity index (χ1) is 7.69. The number of hydrogen-bond acceptors (Lipinski definition) is 4. The average molecular weight is 246 g/mol. The highest BCUT2D eigenvalue weighted by molar-refractivity contribution is 7.49. The van der Waals surface area contributed by atoms with Gasteiger partial charge in [-0.3, -0.25) is 9.59 Å². The van der Waals surface area contributed by atoms with Crippen molar-refractivity contribution in [1.29, 1.82) is 0 Å². The maximum Gasteiger partial charge on any atom is 0.255 e. The summed E-state index contributed by atoms with van der Waals surface area (Å²) in [5.41, 5.74) is 0. The van der Waals surface area contributed by atoms with Crippen molar-refractivity contribution >= 4 is 20.2 Å². The van der Waals surface area contributed by atoms with Crippen LogP contribution in [0.1, 0.15) is 12.8 Å². The molecule has 6 nitrogen and oxygen atoms in total.